The zero-order valence-corrected chi connectivity index (χ0v) is 11.4. The first-order chi connectivity index (χ1) is 9.69. The first-order valence-electron chi connectivity index (χ1n) is 6.38. The van der Waals surface area contributed by atoms with Gasteiger partial charge >= 0.3 is 11.9 Å². The van der Waals surface area contributed by atoms with Crippen molar-refractivity contribution in [3.63, 3.8) is 0 Å². The van der Waals surface area contributed by atoms with Crippen LogP contribution in [0.4, 0.5) is 0 Å². The molecule has 0 saturated carbocycles. The van der Waals surface area contributed by atoms with E-state index in [4.69, 9.17) is 9.47 Å². The van der Waals surface area contributed by atoms with Crippen molar-refractivity contribution >= 4 is 11.9 Å². The molecule has 2 aromatic rings. The van der Waals surface area contributed by atoms with E-state index >= 15 is 0 Å². The Morgan fingerprint density at radius 3 is 2.55 bits per heavy atom. The van der Waals surface area contributed by atoms with E-state index in [1.54, 1.807) is 49.0 Å². The van der Waals surface area contributed by atoms with E-state index in [1.807, 2.05) is 0 Å². The van der Waals surface area contributed by atoms with Gasteiger partial charge in [0, 0.05) is 12.4 Å². The number of aromatic amines is 1. The highest BCUT2D eigenvalue weighted by atomic mass is 16.5. The van der Waals surface area contributed by atoms with Gasteiger partial charge in [-0.15, -0.1) is 0 Å². The molecule has 0 spiro atoms. The number of H-pyrrole nitrogens is 1. The van der Waals surface area contributed by atoms with Crippen LogP contribution >= 0.6 is 0 Å². The molecule has 1 N–H and O–H groups in total. The molecule has 0 fully saturated rings. The molecule has 0 aliphatic carbocycles. The molecule has 6 heteroatoms. The Kier molecular flexibility index (Phi) is 4.24. The fraction of sp³-hybridized carbons (Fsp3) is 0.286. The molecular formula is C14H16N2O4. The molecule has 0 atom stereocenters. The van der Waals surface area contributed by atoms with Gasteiger partial charge in [-0.1, -0.05) is 0 Å². The van der Waals surface area contributed by atoms with Crippen molar-refractivity contribution in [2.45, 2.75) is 13.8 Å². The predicted octanol–water partition coefficient (Wildman–Crippen LogP) is 2.16. The van der Waals surface area contributed by atoms with Crippen molar-refractivity contribution in [3.8, 4) is 5.69 Å². The fourth-order valence-electron chi connectivity index (χ4n) is 1.89. The molecule has 0 amide bonds. The van der Waals surface area contributed by atoms with Crippen molar-refractivity contribution < 1.29 is 19.1 Å². The van der Waals surface area contributed by atoms with E-state index in [0.29, 0.717) is 23.7 Å². The van der Waals surface area contributed by atoms with Crippen LogP contribution in [-0.2, 0) is 9.47 Å². The molecule has 106 valence electrons. The van der Waals surface area contributed by atoms with Crippen LogP contribution in [0.15, 0.2) is 30.6 Å². The molecule has 0 bridgehead atoms. The molecule has 0 aromatic carbocycles. The standard InChI is InChI=1S/C14H16N2O4/c1-3-19-13(17)11-6-5-9-16(11)10-7-8-15-12(10)14(18)20-4-2/h5-9,15H,3-4H2,1-2H3. The van der Waals surface area contributed by atoms with Crippen LogP contribution in [0.25, 0.3) is 5.69 Å². The third-order valence-electron chi connectivity index (χ3n) is 2.70. The van der Waals surface area contributed by atoms with Crippen LogP contribution in [-0.4, -0.2) is 34.7 Å². The Bertz CT molecular complexity index is 558. The van der Waals surface area contributed by atoms with E-state index in [1.165, 1.54) is 0 Å². The lowest BCUT2D eigenvalue weighted by Crippen LogP contribution is -2.13. The smallest absolute Gasteiger partial charge is 0.356 e. The van der Waals surface area contributed by atoms with Crippen LogP contribution in [0.1, 0.15) is 34.8 Å². The molecule has 6 nitrogen and oxygen atoms in total. The highest BCUT2D eigenvalue weighted by Crippen LogP contribution is 2.18. The first-order valence-corrected chi connectivity index (χ1v) is 6.38. The second-order valence-electron chi connectivity index (χ2n) is 3.94. The van der Waals surface area contributed by atoms with Gasteiger partial charge in [0.1, 0.15) is 11.4 Å². The summed E-state index contributed by atoms with van der Waals surface area (Å²) in [5.74, 6) is -0.899. The van der Waals surface area contributed by atoms with Crippen LogP contribution < -0.4 is 0 Å². The zero-order chi connectivity index (χ0) is 14.5. The van der Waals surface area contributed by atoms with Gasteiger partial charge in [-0.3, -0.25) is 0 Å². The van der Waals surface area contributed by atoms with Gasteiger partial charge in [0.05, 0.1) is 18.9 Å². The number of nitrogens with zero attached hydrogens (tertiary/aromatic N) is 1. The van der Waals surface area contributed by atoms with Crippen molar-refractivity contribution in [2.75, 3.05) is 13.2 Å². The van der Waals surface area contributed by atoms with Crippen molar-refractivity contribution in [3.05, 3.63) is 42.0 Å². The Morgan fingerprint density at radius 1 is 1.15 bits per heavy atom. The largest absolute Gasteiger partial charge is 0.461 e. The summed E-state index contributed by atoms with van der Waals surface area (Å²) in [4.78, 5) is 26.5. The minimum atomic E-state index is -0.462. The second kappa shape index (κ2) is 6.10. The van der Waals surface area contributed by atoms with Gasteiger partial charge < -0.3 is 19.0 Å². The highest BCUT2D eigenvalue weighted by Gasteiger charge is 2.19. The molecule has 2 aromatic heterocycles. The summed E-state index contributed by atoms with van der Waals surface area (Å²) in [6.07, 6.45) is 3.31. The number of carbonyl (C=O) groups is 2. The van der Waals surface area contributed by atoms with Crippen molar-refractivity contribution in [1.29, 1.82) is 0 Å². The summed E-state index contributed by atoms with van der Waals surface area (Å²) in [5, 5.41) is 0. The lowest BCUT2D eigenvalue weighted by molar-refractivity contribution is 0.0503. The maximum atomic E-state index is 11.9. The van der Waals surface area contributed by atoms with Gasteiger partial charge in [0.2, 0.25) is 0 Å². The van der Waals surface area contributed by atoms with Crippen molar-refractivity contribution in [1.82, 2.24) is 9.55 Å². The average Bonchev–Trinajstić information content (AvgIpc) is 3.07. The summed E-state index contributed by atoms with van der Waals surface area (Å²) < 4.78 is 11.6. The average molecular weight is 276 g/mol. The Balaban J connectivity index is 2.38. The second-order valence-corrected chi connectivity index (χ2v) is 3.94. The molecule has 0 aliphatic rings. The van der Waals surface area contributed by atoms with Gasteiger partial charge in [-0.2, -0.15) is 0 Å². The highest BCUT2D eigenvalue weighted by molar-refractivity contribution is 5.93. The molecule has 0 radical (unpaired) electrons. The zero-order valence-electron chi connectivity index (χ0n) is 11.4. The summed E-state index contributed by atoms with van der Waals surface area (Å²) in [5.41, 5.74) is 1.21. The number of hydrogen-bond acceptors (Lipinski definition) is 4. The number of aromatic nitrogens is 2. The Morgan fingerprint density at radius 2 is 1.85 bits per heavy atom. The van der Waals surface area contributed by atoms with Gasteiger partial charge in [-0.05, 0) is 32.0 Å². The monoisotopic (exact) mass is 276 g/mol. The number of rotatable bonds is 5. The van der Waals surface area contributed by atoms with Gasteiger partial charge in [-0.25, -0.2) is 9.59 Å². The quantitative estimate of drug-likeness (QED) is 0.849. The first kappa shape index (κ1) is 13.9. The van der Waals surface area contributed by atoms with Crippen LogP contribution in [0.3, 0.4) is 0 Å². The predicted molar refractivity (Wildman–Crippen MR) is 72.0 cm³/mol. The third-order valence-corrected chi connectivity index (χ3v) is 2.70. The van der Waals surface area contributed by atoms with Crippen molar-refractivity contribution in [2.24, 2.45) is 0 Å². The molecule has 0 unspecified atom stereocenters. The van der Waals surface area contributed by atoms with E-state index in [-0.39, 0.29) is 6.61 Å². The molecule has 0 saturated heterocycles. The lowest BCUT2D eigenvalue weighted by atomic mass is 10.3. The summed E-state index contributed by atoms with van der Waals surface area (Å²) in [7, 11) is 0. The van der Waals surface area contributed by atoms with Crippen LogP contribution in [0.2, 0.25) is 0 Å². The number of ether oxygens (including phenoxy) is 2. The van der Waals surface area contributed by atoms with E-state index < -0.39 is 11.9 Å². The lowest BCUT2D eigenvalue weighted by Gasteiger charge is -2.09. The Labute approximate surface area is 116 Å². The molecule has 2 rings (SSSR count). The number of nitrogens with one attached hydrogen (secondary N) is 1. The maximum Gasteiger partial charge on any atom is 0.356 e. The van der Waals surface area contributed by atoms with E-state index in [2.05, 4.69) is 4.98 Å². The Hall–Kier alpha value is -2.50. The maximum absolute atomic E-state index is 11.9. The topological polar surface area (TPSA) is 73.3 Å². The van der Waals surface area contributed by atoms with Crippen LogP contribution in [0, 0.1) is 0 Å². The number of carbonyl (C=O) groups excluding carboxylic acids is 2. The minimum Gasteiger partial charge on any atom is -0.461 e. The normalized spacial score (nSPS) is 10.3. The minimum absolute atomic E-state index is 0.285. The van der Waals surface area contributed by atoms with Gasteiger partial charge in [0.25, 0.3) is 0 Å². The van der Waals surface area contributed by atoms with E-state index in [0.717, 1.165) is 0 Å². The van der Waals surface area contributed by atoms with E-state index in [9.17, 15) is 9.59 Å². The fourth-order valence-corrected chi connectivity index (χ4v) is 1.89. The number of hydrogen-bond donors (Lipinski definition) is 1. The molecule has 0 aliphatic heterocycles. The molecular weight excluding hydrogens is 260 g/mol. The molecule has 20 heavy (non-hydrogen) atoms. The summed E-state index contributed by atoms with van der Waals surface area (Å²) in [6, 6.07) is 5.06. The SMILES string of the molecule is CCOC(=O)c1[nH]ccc1-n1cccc1C(=O)OCC. The van der Waals surface area contributed by atoms with Gasteiger partial charge in [0.15, 0.2) is 0 Å². The summed E-state index contributed by atoms with van der Waals surface area (Å²) in [6.45, 7) is 4.06. The summed E-state index contributed by atoms with van der Waals surface area (Å²) >= 11 is 0. The molecule has 2 heterocycles. The number of esters is 2. The third kappa shape index (κ3) is 2.59. The van der Waals surface area contributed by atoms with Crippen LogP contribution in [0.5, 0.6) is 0 Å².